The minimum Gasteiger partial charge on any atom is -0.466 e. The number of H-pyrrole nitrogens is 1. The quantitative estimate of drug-likeness (QED) is 0.530. The van der Waals surface area contributed by atoms with Gasteiger partial charge in [0, 0.05) is 41.0 Å². The van der Waals surface area contributed by atoms with Crippen molar-refractivity contribution in [3.8, 4) is 11.4 Å². The fraction of sp³-hybridized carbons (Fsp3) is 0.300. The zero-order valence-corrected chi connectivity index (χ0v) is 15.8. The topological polar surface area (TPSA) is 85.7 Å². The number of nitrogens with one attached hydrogen (secondary N) is 1. The Bertz CT molecular complexity index is 1170. The Morgan fingerprint density at radius 1 is 1.32 bits per heavy atom. The van der Waals surface area contributed by atoms with Gasteiger partial charge in [-0.15, -0.1) is 0 Å². The van der Waals surface area contributed by atoms with Crippen molar-refractivity contribution in [3.05, 3.63) is 42.7 Å². The number of fused-ring (bicyclic) bond motifs is 2. The number of esters is 1. The van der Waals surface area contributed by atoms with Crippen molar-refractivity contribution in [3.63, 3.8) is 0 Å². The second-order valence-electron chi connectivity index (χ2n) is 6.73. The second-order valence-corrected chi connectivity index (χ2v) is 6.73. The highest BCUT2D eigenvalue weighted by molar-refractivity contribution is 5.92. The highest BCUT2D eigenvalue weighted by Gasteiger charge is 2.24. The molecule has 4 aromatic heterocycles. The number of rotatable bonds is 5. The van der Waals surface area contributed by atoms with Gasteiger partial charge < -0.3 is 14.3 Å². The molecule has 144 valence electrons. The Labute approximate surface area is 160 Å². The fourth-order valence-corrected chi connectivity index (χ4v) is 3.27. The van der Waals surface area contributed by atoms with Crippen LogP contribution in [0.4, 0.5) is 4.39 Å². The van der Waals surface area contributed by atoms with E-state index >= 15 is 0 Å². The molecule has 28 heavy (non-hydrogen) atoms. The molecule has 0 radical (unpaired) electrons. The van der Waals surface area contributed by atoms with Crippen LogP contribution in [0.25, 0.3) is 33.5 Å². The van der Waals surface area contributed by atoms with Crippen LogP contribution in [0, 0.1) is 11.7 Å². The highest BCUT2D eigenvalue weighted by atomic mass is 19.1. The molecule has 0 aromatic carbocycles. The molecular formula is C20H20FN5O2. The van der Waals surface area contributed by atoms with Crippen molar-refractivity contribution in [1.82, 2.24) is 24.5 Å². The summed E-state index contributed by atoms with van der Waals surface area (Å²) in [4.78, 5) is 28.3. The van der Waals surface area contributed by atoms with E-state index in [2.05, 4.69) is 15.0 Å². The number of pyridine rings is 1. The van der Waals surface area contributed by atoms with Gasteiger partial charge in [0.05, 0.1) is 18.7 Å². The van der Waals surface area contributed by atoms with Crippen molar-refractivity contribution in [2.24, 2.45) is 5.92 Å². The van der Waals surface area contributed by atoms with E-state index in [4.69, 9.17) is 9.72 Å². The number of aromatic nitrogens is 5. The van der Waals surface area contributed by atoms with Crippen LogP contribution in [-0.4, -0.2) is 37.1 Å². The summed E-state index contributed by atoms with van der Waals surface area (Å²) in [5, 5.41) is 1.47. The first kappa shape index (κ1) is 18.1. The standard InChI is InChI=1S/C20H20FN5O2/c1-4-28-20(27)11(2)12(3)26-6-5-13-8-22-18(25-19(13)26)16-10-24-17-15(16)7-14(21)9-23-17/h5-12H,4H2,1-3H3,(H,23,24)/t11-,12-/m0/s1. The largest absolute Gasteiger partial charge is 0.466 e. The van der Waals surface area contributed by atoms with Gasteiger partial charge >= 0.3 is 5.97 Å². The summed E-state index contributed by atoms with van der Waals surface area (Å²) in [7, 11) is 0. The van der Waals surface area contributed by atoms with Crippen LogP contribution in [-0.2, 0) is 9.53 Å². The van der Waals surface area contributed by atoms with Crippen LogP contribution in [0.2, 0.25) is 0 Å². The summed E-state index contributed by atoms with van der Waals surface area (Å²) in [6.07, 6.45) is 6.49. The third kappa shape index (κ3) is 3.00. The first-order valence-corrected chi connectivity index (χ1v) is 9.12. The average molecular weight is 381 g/mol. The number of ether oxygens (including phenoxy) is 1. The lowest BCUT2D eigenvalue weighted by Crippen LogP contribution is -2.24. The fourth-order valence-electron chi connectivity index (χ4n) is 3.27. The molecule has 0 aliphatic heterocycles. The average Bonchev–Trinajstić information content (AvgIpc) is 3.30. The molecule has 0 saturated carbocycles. The van der Waals surface area contributed by atoms with E-state index in [1.54, 1.807) is 19.3 Å². The number of carbonyl (C=O) groups excluding carboxylic acids is 1. The molecule has 0 bridgehead atoms. The maximum Gasteiger partial charge on any atom is 0.310 e. The second kappa shape index (κ2) is 7.03. The van der Waals surface area contributed by atoms with Gasteiger partial charge in [-0.05, 0) is 32.9 Å². The third-order valence-corrected chi connectivity index (χ3v) is 5.01. The lowest BCUT2D eigenvalue weighted by Gasteiger charge is -2.20. The number of halogens is 1. The van der Waals surface area contributed by atoms with Crippen LogP contribution in [0.5, 0.6) is 0 Å². The lowest BCUT2D eigenvalue weighted by molar-refractivity contribution is -0.148. The summed E-state index contributed by atoms with van der Waals surface area (Å²) in [5.41, 5.74) is 1.94. The Kier molecular flexibility index (Phi) is 4.54. The number of nitrogens with zero attached hydrogens (tertiary/aromatic N) is 4. The molecule has 4 aromatic rings. The lowest BCUT2D eigenvalue weighted by atomic mass is 10.0. The maximum absolute atomic E-state index is 13.6. The SMILES string of the molecule is CCOC(=O)[C@@H](C)[C@H](C)n1ccc2cnc(-c3c[nH]c4ncc(F)cc34)nc21. The first-order chi connectivity index (χ1) is 13.5. The monoisotopic (exact) mass is 381 g/mol. The zero-order valence-electron chi connectivity index (χ0n) is 15.8. The third-order valence-electron chi connectivity index (χ3n) is 5.01. The number of aromatic amines is 1. The van der Waals surface area contributed by atoms with Crippen molar-refractivity contribution in [2.75, 3.05) is 6.61 Å². The van der Waals surface area contributed by atoms with Gasteiger partial charge in [0.1, 0.15) is 17.1 Å². The molecule has 0 aliphatic carbocycles. The summed E-state index contributed by atoms with van der Waals surface area (Å²) in [6.45, 7) is 5.93. The molecule has 0 unspecified atom stereocenters. The Hall–Kier alpha value is -3.29. The minimum absolute atomic E-state index is 0.151. The van der Waals surface area contributed by atoms with E-state index in [0.29, 0.717) is 34.7 Å². The van der Waals surface area contributed by atoms with Gasteiger partial charge in [-0.3, -0.25) is 4.79 Å². The van der Waals surface area contributed by atoms with Crippen LogP contribution in [0.1, 0.15) is 26.8 Å². The molecule has 0 aliphatic rings. The molecule has 0 saturated heterocycles. The van der Waals surface area contributed by atoms with Crippen molar-refractivity contribution < 1.29 is 13.9 Å². The maximum atomic E-state index is 13.6. The van der Waals surface area contributed by atoms with Gasteiger partial charge in [-0.25, -0.2) is 19.3 Å². The van der Waals surface area contributed by atoms with E-state index in [1.807, 2.05) is 30.7 Å². The van der Waals surface area contributed by atoms with Crippen molar-refractivity contribution in [1.29, 1.82) is 0 Å². The molecular weight excluding hydrogens is 361 g/mol. The van der Waals surface area contributed by atoms with Gasteiger partial charge in [0.15, 0.2) is 5.82 Å². The van der Waals surface area contributed by atoms with Crippen LogP contribution in [0.15, 0.2) is 36.9 Å². The highest BCUT2D eigenvalue weighted by Crippen LogP contribution is 2.29. The van der Waals surface area contributed by atoms with Crippen molar-refractivity contribution in [2.45, 2.75) is 26.8 Å². The molecule has 0 fully saturated rings. The van der Waals surface area contributed by atoms with Crippen molar-refractivity contribution >= 4 is 28.0 Å². The molecule has 1 N–H and O–H groups in total. The zero-order chi connectivity index (χ0) is 19.8. The predicted octanol–water partition coefficient (Wildman–Crippen LogP) is 3.87. The number of hydrogen-bond donors (Lipinski definition) is 1. The first-order valence-electron chi connectivity index (χ1n) is 9.12. The minimum atomic E-state index is -0.422. The molecule has 4 rings (SSSR count). The van der Waals surface area contributed by atoms with Crippen LogP contribution in [0.3, 0.4) is 0 Å². The van der Waals surface area contributed by atoms with Gasteiger partial charge in [-0.2, -0.15) is 0 Å². The van der Waals surface area contributed by atoms with Gasteiger partial charge in [-0.1, -0.05) is 0 Å². The van der Waals surface area contributed by atoms with E-state index in [9.17, 15) is 9.18 Å². The summed E-state index contributed by atoms with van der Waals surface area (Å²) in [6, 6.07) is 3.16. The molecule has 2 atom stereocenters. The number of hydrogen-bond acceptors (Lipinski definition) is 5. The molecule has 8 heteroatoms. The van der Waals surface area contributed by atoms with E-state index in [1.165, 1.54) is 6.07 Å². The Morgan fingerprint density at radius 3 is 2.93 bits per heavy atom. The smallest absolute Gasteiger partial charge is 0.310 e. The molecule has 4 heterocycles. The summed E-state index contributed by atoms with van der Waals surface area (Å²) in [5.74, 6) is -0.540. The normalized spacial score (nSPS) is 13.7. The number of carbonyl (C=O) groups is 1. The van der Waals surface area contributed by atoms with E-state index < -0.39 is 5.82 Å². The van der Waals surface area contributed by atoms with Gasteiger partial charge in [0.2, 0.25) is 0 Å². The predicted molar refractivity (Wildman–Crippen MR) is 103 cm³/mol. The van der Waals surface area contributed by atoms with E-state index in [-0.39, 0.29) is 17.9 Å². The Morgan fingerprint density at radius 2 is 2.14 bits per heavy atom. The van der Waals surface area contributed by atoms with Crippen LogP contribution >= 0.6 is 0 Å². The van der Waals surface area contributed by atoms with E-state index in [0.717, 1.165) is 11.6 Å². The molecule has 7 nitrogen and oxygen atoms in total. The molecule has 0 amide bonds. The summed E-state index contributed by atoms with van der Waals surface area (Å²) < 4.78 is 20.7. The summed E-state index contributed by atoms with van der Waals surface area (Å²) >= 11 is 0. The Balaban J connectivity index is 1.78. The van der Waals surface area contributed by atoms with Gasteiger partial charge in [0.25, 0.3) is 0 Å². The van der Waals surface area contributed by atoms with Crippen LogP contribution < -0.4 is 0 Å². The molecule has 0 spiro atoms.